The quantitative estimate of drug-likeness (QED) is 0.801. The first-order valence-corrected chi connectivity index (χ1v) is 7.99. The molecular formula is C16H18N4OS. The summed E-state index contributed by atoms with van der Waals surface area (Å²) in [5, 5.41) is 7.69. The molecule has 1 amide bonds. The van der Waals surface area contributed by atoms with Gasteiger partial charge in [0.15, 0.2) is 5.13 Å². The van der Waals surface area contributed by atoms with E-state index >= 15 is 0 Å². The molecule has 6 heteroatoms. The standard InChI is InChI=1S/C16H18N4OS/c1-9(2)11-6-5-7-13-14(11)17-16(22-13)18-15(21)12-8-10(3)19-20(12)4/h5-9H,1-4H3,(H,17,18,21). The molecule has 0 fully saturated rings. The highest BCUT2D eigenvalue weighted by Gasteiger charge is 2.15. The van der Waals surface area contributed by atoms with E-state index in [0.29, 0.717) is 16.7 Å². The monoisotopic (exact) mass is 314 g/mol. The first-order valence-electron chi connectivity index (χ1n) is 7.17. The van der Waals surface area contributed by atoms with Crippen LogP contribution in [-0.4, -0.2) is 20.7 Å². The predicted octanol–water partition coefficient (Wildman–Crippen LogP) is 3.71. The number of hydrogen-bond acceptors (Lipinski definition) is 4. The molecule has 5 nitrogen and oxygen atoms in total. The van der Waals surface area contributed by atoms with Crippen LogP contribution >= 0.6 is 11.3 Å². The summed E-state index contributed by atoms with van der Waals surface area (Å²) >= 11 is 1.49. The van der Waals surface area contributed by atoms with Crippen LogP contribution in [0.25, 0.3) is 10.2 Å². The van der Waals surface area contributed by atoms with E-state index in [-0.39, 0.29) is 5.91 Å². The van der Waals surface area contributed by atoms with Gasteiger partial charge in [-0.15, -0.1) is 0 Å². The molecule has 0 saturated carbocycles. The highest BCUT2D eigenvalue weighted by molar-refractivity contribution is 7.22. The Bertz CT molecular complexity index is 847. The van der Waals surface area contributed by atoms with Gasteiger partial charge in [0.2, 0.25) is 0 Å². The van der Waals surface area contributed by atoms with E-state index in [1.807, 2.05) is 19.1 Å². The summed E-state index contributed by atoms with van der Waals surface area (Å²) in [5.41, 5.74) is 3.52. The second-order valence-corrected chi connectivity index (χ2v) is 6.65. The highest BCUT2D eigenvalue weighted by Crippen LogP contribution is 2.31. The van der Waals surface area contributed by atoms with E-state index in [1.54, 1.807) is 17.8 Å². The second-order valence-electron chi connectivity index (χ2n) is 5.62. The fourth-order valence-corrected chi connectivity index (χ4v) is 3.37. The number of para-hydroxylation sites is 1. The van der Waals surface area contributed by atoms with Crippen LogP contribution in [0.4, 0.5) is 5.13 Å². The molecular weight excluding hydrogens is 296 g/mol. The average molecular weight is 314 g/mol. The van der Waals surface area contributed by atoms with Gasteiger partial charge >= 0.3 is 0 Å². The number of amides is 1. The number of aryl methyl sites for hydroxylation is 2. The van der Waals surface area contributed by atoms with E-state index in [0.717, 1.165) is 15.9 Å². The Balaban J connectivity index is 1.93. The number of carbonyl (C=O) groups excluding carboxylic acids is 1. The summed E-state index contributed by atoms with van der Waals surface area (Å²) in [6, 6.07) is 7.92. The van der Waals surface area contributed by atoms with E-state index in [2.05, 4.69) is 35.3 Å². The van der Waals surface area contributed by atoms with Gasteiger partial charge in [0.25, 0.3) is 5.91 Å². The van der Waals surface area contributed by atoms with Crippen LogP contribution in [0, 0.1) is 6.92 Å². The van der Waals surface area contributed by atoms with Crippen LogP contribution in [0.1, 0.15) is 41.5 Å². The van der Waals surface area contributed by atoms with Gasteiger partial charge in [-0.2, -0.15) is 5.10 Å². The number of benzene rings is 1. The van der Waals surface area contributed by atoms with E-state index < -0.39 is 0 Å². The molecule has 0 spiro atoms. The summed E-state index contributed by atoms with van der Waals surface area (Å²) in [4.78, 5) is 16.9. The summed E-state index contributed by atoms with van der Waals surface area (Å²) in [6.45, 7) is 6.15. The number of fused-ring (bicyclic) bond motifs is 1. The SMILES string of the molecule is Cc1cc(C(=O)Nc2nc3c(C(C)C)cccc3s2)n(C)n1. The van der Waals surface area contributed by atoms with Gasteiger partial charge in [-0.3, -0.25) is 14.8 Å². The summed E-state index contributed by atoms with van der Waals surface area (Å²) in [5.74, 6) is 0.210. The molecule has 114 valence electrons. The number of anilines is 1. The molecule has 3 rings (SSSR count). The summed E-state index contributed by atoms with van der Waals surface area (Å²) < 4.78 is 2.67. The Labute approximate surface area is 133 Å². The third-order valence-electron chi connectivity index (χ3n) is 3.53. The molecule has 2 aromatic heterocycles. The maximum absolute atomic E-state index is 12.3. The Morgan fingerprint density at radius 2 is 2.14 bits per heavy atom. The molecule has 1 aromatic carbocycles. The summed E-state index contributed by atoms with van der Waals surface area (Å²) in [6.07, 6.45) is 0. The van der Waals surface area contributed by atoms with Crippen molar-refractivity contribution in [2.45, 2.75) is 26.7 Å². The molecule has 0 aliphatic heterocycles. The van der Waals surface area contributed by atoms with Gasteiger partial charge in [-0.1, -0.05) is 37.3 Å². The highest BCUT2D eigenvalue weighted by atomic mass is 32.1. The smallest absolute Gasteiger partial charge is 0.275 e. The Morgan fingerprint density at radius 1 is 1.36 bits per heavy atom. The van der Waals surface area contributed by atoms with Crippen molar-refractivity contribution < 1.29 is 4.79 Å². The number of nitrogens with zero attached hydrogens (tertiary/aromatic N) is 3. The number of nitrogens with one attached hydrogen (secondary N) is 1. The van der Waals surface area contributed by atoms with Crippen LogP contribution in [0.2, 0.25) is 0 Å². The third kappa shape index (κ3) is 2.62. The van der Waals surface area contributed by atoms with Crippen molar-refractivity contribution in [2.75, 3.05) is 5.32 Å². The summed E-state index contributed by atoms with van der Waals surface area (Å²) in [7, 11) is 1.76. The van der Waals surface area contributed by atoms with Crippen molar-refractivity contribution in [3.8, 4) is 0 Å². The molecule has 0 atom stereocenters. The number of rotatable bonds is 3. The van der Waals surface area contributed by atoms with Gasteiger partial charge in [-0.05, 0) is 30.5 Å². The maximum Gasteiger partial charge on any atom is 0.275 e. The predicted molar refractivity (Wildman–Crippen MR) is 89.6 cm³/mol. The van der Waals surface area contributed by atoms with E-state index in [1.165, 1.54) is 16.9 Å². The minimum Gasteiger partial charge on any atom is -0.296 e. The van der Waals surface area contributed by atoms with Crippen LogP contribution < -0.4 is 5.32 Å². The lowest BCUT2D eigenvalue weighted by Crippen LogP contribution is -2.15. The van der Waals surface area contributed by atoms with Crippen molar-refractivity contribution in [1.82, 2.24) is 14.8 Å². The Kier molecular flexibility index (Phi) is 3.70. The van der Waals surface area contributed by atoms with Gasteiger partial charge in [0.1, 0.15) is 5.69 Å². The molecule has 0 bridgehead atoms. The van der Waals surface area contributed by atoms with Crippen molar-refractivity contribution in [2.24, 2.45) is 7.05 Å². The van der Waals surface area contributed by atoms with Gasteiger partial charge in [0.05, 0.1) is 15.9 Å². The maximum atomic E-state index is 12.3. The van der Waals surface area contributed by atoms with Gasteiger partial charge < -0.3 is 0 Å². The van der Waals surface area contributed by atoms with E-state index in [9.17, 15) is 4.79 Å². The molecule has 0 aliphatic rings. The van der Waals surface area contributed by atoms with Crippen molar-refractivity contribution >= 4 is 32.6 Å². The molecule has 0 unspecified atom stereocenters. The number of aromatic nitrogens is 3. The molecule has 22 heavy (non-hydrogen) atoms. The van der Waals surface area contributed by atoms with Crippen molar-refractivity contribution in [3.05, 3.63) is 41.2 Å². The zero-order chi connectivity index (χ0) is 15.9. The Hall–Kier alpha value is -2.21. The normalized spacial score (nSPS) is 11.3. The van der Waals surface area contributed by atoms with Crippen LogP contribution in [0.15, 0.2) is 24.3 Å². The first kappa shape index (κ1) is 14.7. The fourth-order valence-electron chi connectivity index (χ4n) is 2.47. The van der Waals surface area contributed by atoms with Gasteiger partial charge in [-0.25, -0.2) is 4.98 Å². The van der Waals surface area contributed by atoms with Crippen LogP contribution in [-0.2, 0) is 7.05 Å². The molecule has 0 aliphatic carbocycles. The minimum absolute atomic E-state index is 0.187. The molecule has 1 N–H and O–H groups in total. The lowest BCUT2D eigenvalue weighted by atomic mass is 10.0. The lowest BCUT2D eigenvalue weighted by molar-refractivity contribution is 0.101. The zero-order valence-corrected chi connectivity index (χ0v) is 13.9. The first-order chi connectivity index (χ1) is 10.5. The Morgan fingerprint density at radius 3 is 2.77 bits per heavy atom. The molecule has 3 aromatic rings. The largest absolute Gasteiger partial charge is 0.296 e. The number of thiazole rings is 1. The topological polar surface area (TPSA) is 59.8 Å². The zero-order valence-electron chi connectivity index (χ0n) is 13.0. The van der Waals surface area contributed by atoms with Crippen molar-refractivity contribution in [3.63, 3.8) is 0 Å². The molecule has 0 saturated heterocycles. The van der Waals surface area contributed by atoms with Crippen LogP contribution in [0.3, 0.4) is 0 Å². The third-order valence-corrected chi connectivity index (χ3v) is 4.46. The van der Waals surface area contributed by atoms with E-state index in [4.69, 9.17) is 0 Å². The molecule has 0 radical (unpaired) electrons. The lowest BCUT2D eigenvalue weighted by Gasteiger charge is -2.04. The average Bonchev–Trinajstić information content (AvgIpc) is 3.00. The van der Waals surface area contributed by atoms with Gasteiger partial charge in [0, 0.05) is 7.05 Å². The molecule has 2 heterocycles. The van der Waals surface area contributed by atoms with Crippen LogP contribution in [0.5, 0.6) is 0 Å². The number of hydrogen-bond donors (Lipinski definition) is 1. The minimum atomic E-state index is -0.187. The second kappa shape index (κ2) is 5.53. The van der Waals surface area contributed by atoms with Crippen molar-refractivity contribution in [1.29, 1.82) is 0 Å². The fraction of sp³-hybridized carbons (Fsp3) is 0.312. The number of carbonyl (C=O) groups is 1.